The van der Waals surface area contributed by atoms with Gasteiger partial charge in [-0.05, 0) is 85.4 Å². The van der Waals surface area contributed by atoms with Crippen molar-refractivity contribution in [3.63, 3.8) is 0 Å². The van der Waals surface area contributed by atoms with E-state index in [1.165, 1.54) is 38.5 Å². The normalized spacial score (nSPS) is 42.5. The van der Waals surface area contributed by atoms with E-state index in [1.807, 2.05) is 0 Å². The largest absolute Gasteiger partial charge is 0.368 e. The van der Waals surface area contributed by atoms with Gasteiger partial charge in [-0.3, -0.25) is 4.79 Å². The van der Waals surface area contributed by atoms with Crippen molar-refractivity contribution in [3.8, 4) is 0 Å². The highest BCUT2D eigenvalue weighted by Crippen LogP contribution is 2.66. The molecule has 0 spiro atoms. The smallest absolute Gasteiger partial charge is 0.151 e. The Labute approximate surface area is 185 Å². The summed E-state index contributed by atoms with van der Waals surface area (Å²) in [5.74, 6) is 5.03. The first-order valence-electron chi connectivity index (χ1n) is 12.9. The van der Waals surface area contributed by atoms with E-state index in [2.05, 4.69) is 41.5 Å². The molecule has 0 radical (unpaired) electrons. The number of rotatable bonds is 8. The molecule has 8 atom stereocenters. The van der Waals surface area contributed by atoms with Crippen molar-refractivity contribution < 1.29 is 15.0 Å². The molecule has 0 aliphatic heterocycles. The van der Waals surface area contributed by atoms with E-state index in [4.69, 9.17) is 0 Å². The van der Waals surface area contributed by atoms with Crippen LogP contribution in [-0.4, -0.2) is 22.3 Å². The van der Waals surface area contributed by atoms with Crippen LogP contribution >= 0.6 is 0 Å². The molecule has 3 nitrogen and oxygen atoms in total. The Morgan fingerprint density at radius 3 is 2.33 bits per heavy atom. The van der Waals surface area contributed by atoms with Crippen molar-refractivity contribution in [2.75, 3.05) is 0 Å². The van der Waals surface area contributed by atoms with E-state index in [9.17, 15) is 15.0 Å². The Kier molecular flexibility index (Phi) is 7.45. The monoisotopic (exact) mass is 420 g/mol. The molecule has 174 valence electrons. The van der Waals surface area contributed by atoms with Crippen LogP contribution in [0.4, 0.5) is 0 Å². The SMILES string of the molecule is CC(C)CCCC(C)C1CCC2C3C(C)CC(=O)C(C)(CCC(O)O)C3CCC12C. The van der Waals surface area contributed by atoms with Gasteiger partial charge in [-0.25, -0.2) is 0 Å². The van der Waals surface area contributed by atoms with Crippen LogP contribution in [0.3, 0.4) is 0 Å². The number of carbonyl (C=O) groups excluding carboxylic acids is 1. The van der Waals surface area contributed by atoms with Gasteiger partial charge in [-0.2, -0.15) is 0 Å². The maximum absolute atomic E-state index is 13.1. The number of ketones is 1. The average molecular weight is 421 g/mol. The van der Waals surface area contributed by atoms with Crippen molar-refractivity contribution in [3.05, 3.63) is 0 Å². The predicted molar refractivity (Wildman–Crippen MR) is 123 cm³/mol. The Bertz CT molecular complexity index is 599. The molecule has 3 aliphatic carbocycles. The van der Waals surface area contributed by atoms with Gasteiger partial charge in [0.1, 0.15) is 5.78 Å². The lowest BCUT2D eigenvalue weighted by molar-refractivity contribution is -0.155. The van der Waals surface area contributed by atoms with E-state index in [0.717, 1.165) is 30.1 Å². The van der Waals surface area contributed by atoms with Crippen LogP contribution in [0, 0.1) is 52.3 Å². The molecule has 3 rings (SSSR count). The zero-order chi connectivity index (χ0) is 22.3. The van der Waals surface area contributed by atoms with Crippen LogP contribution in [-0.2, 0) is 4.79 Å². The summed E-state index contributed by atoms with van der Waals surface area (Å²) in [6.45, 7) is 14.2. The van der Waals surface area contributed by atoms with Crippen LogP contribution < -0.4 is 0 Å². The van der Waals surface area contributed by atoms with E-state index in [0.29, 0.717) is 48.2 Å². The molecule has 0 heterocycles. The molecule has 3 fully saturated rings. The van der Waals surface area contributed by atoms with Gasteiger partial charge < -0.3 is 10.2 Å². The van der Waals surface area contributed by atoms with Crippen LogP contribution in [0.5, 0.6) is 0 Å². The maximum atomic E-state index is 13.1. The van der Waals surface area contributed by atoms with E-state index in [1.54, 1.807) is 0 Å². The highest BCUT2D eigenvalue weighted by molar-refractivity contribution is 5.86. The molecule has 3 heteroatoms. The van der Waals surface area contributed by atoms with Crippen molar-refractivity contribution in [1.82, 2.24) is 0 Å². The third-order valence-corrected chi connectivity index (χ3v) is 10.1. The third-order valence-electron chi connectivity index (χ3n) is 10.1. The Hall–Kier alpha value is -0.410. The van der Waals surface area contributed by atoms with E-state index < -0.39 is 6.29 Å². The maximum Gasteiger partial charge on any atom is 0.151 e. The molecule has 8 unspecified atom stereocenters. The van der Waals surface area contributed by atoms with Crippen LogP contribution in [0.25, 0.3) is 0 Å². The molecule has 30 heavy (non-hydrogen) atoms. The van der Waals surface area contributed by atoms with Crippen LogP contribution in [0.1, 0.15) is 106 Å². The quantitative estimate of drug-likeness (QED) is 0.459. The zero-order valence-corrected chi connectivity index (χ0v) is 20.5. The van der Waals surface area contributed by atoms with Crippen molar-refractivity contribution in [2.45, 2.75) is 112 Å². The molecule has 0 amide bonds. The Morgan fingerprint density at radius 2 is 1.70 bits per heavy atom. The number of aliphatic hydroxyl groups excluding tert-OH is 1. The number of aliphatic hydroxyl groups is 2. The summed E-state index contributed by atoms with van der Waals surface area (Å²) in [4.78, 5) is 13.1. The Morgan fingerprint density at radius 1 is 1.00 bits per heavy atom. The van der Waals surface area contributed by atoms with Crippen molar-refractivity contribution in [1.29, 1.82) is 0 Å². The number of fused-ring (bicyclic) bond motifs is 3. The topological polar surface area (TPSA) is 57.5 Å². The van der Waals surface area contributed by atoms with Gasteiger partial charge in [0.2, 0.25) is 0 Å². The summed E-state index contributed by atoms with van der Waals surface area (Å²) in [7, 11) is 0. The fourth-order valence-electron chi connectivity index (χ4n) is 8.38. The van der Waals surface area contributed by atoms with Crippen molar-refractivity contribution >= 4 is 5.78 Å². The second-order valence-corrected chi connectivity index (χ2v) is 12.4. The fourth-order valence-corrected chi connectivity index (χ4v) is 8.38. The molecule has 3 aliphatic rings. The molecule has 3 saturated carbocycles. The number of Topliss-reactive ketones (excluding diaryl/α,β-unsaturated/α-hetero) is 1. The minimum absolute atomic E-state index is 0.317. The van der Waals surface area contributed by atoms with Crippen molar-refractivity contribution in [2.24, 2.45) is 52.3 Å². The zero-order valence-electron chi connectivity index (χ0n) is 20.5. The average Bonchev–Trinajstić information content (AvgIpc) is 3.01. The molecular weight excluding hydrogens is 372 g/mol. The van der Waals surface area contributed by atoms with Gasteiger partial charge in [0.25, 0.3) is 0 Å². The molecule has 0 aromatic carbocycles. The summed E-state index contributed by atoms with van der Waals surface area (Å²) in [6, 6.07) is 0. The lowest BCUT2D eigenvalue weighted by atomic mass is 9.45. The minimum Gasteiger partial charge on any atom is -0.368 e. The van der Waals surface area contributed by atoms with Gasteiger partial charge in [-0.1, -0.05) is 60.8 Å². The van der Waals surface area contributed by atoms with Crippen LogP contribution in [0.15, 0.2) is 0 Å². The third kappa shape index (κ3) is 4.40. The highest BCUT2D eigenvalue weighted by atomic mass is 16.5. The van der Waals surface area contributed by atoms with Crippen LogP contribution in [0.2, 0.25) is 0 Å². The predicted octanol–water partition coefficient (Wildman–Crippen LogP) is 6.21. The van der Waals surface area contributed by atoms with Gasteiger partial charge in [0.05, 0.1) is 0 Å². The Balaban J connectivity index is 1.77. The fraction of sp³-hybridized carbons (Fsp3) is 0.963. The first-order chi connectivity index (χ1) is 14.0. The second kappa shape index (κ2) is 9.22. The second-order valence-electron chi connectivity index (χ2n) is 12.4. The molecular formula is C27H48O3. The van der Waals surface area contributed by atoms with Gasteiger partial charge in [0, 0.05) is 11.8 Å². The van der Waals surface area contributed by atoms with Gasteiger partial charge >= 0.3 is 0 Å². The number of hydrogen-bond donors (Lipinski definition) is 2. The summed E-state index contributed by atoms with van der Waals surface area (Å²) < 4.78 is 0. The van der Waals surface area contributed by atoms with E-state index in [-0.39, 0.29) is 5.41 Å². The number of carbonyl (C=O) groups is 1. The lowest BCUT2D eigenvalue weighted by Crippen LogP contribution is -2.55. The number of hydrogen-bond acceptors (Lipinski definition) is 3. The summed E-state index contributed by atoms with van der Waals surface area (Å²) in [5, 5.41) is 18.9. The minimum atomic E-state index is -1.30. The first kappa shape index (κ1) is 24.2. The first-order valence-corrected chi connectivity index (χ1v) is 12.9. The standard InChI is InChI=1S/C27H48O3/c1-17(2)8-7-9-18(3)20-10-11-21-25-19(4)16-23(28)27(6,15-13-24(29)30)22(25)12-14-26(20,21)5/h17-22,24-25,29-30H,7-16H2,1-6H3. The summed E-state index contributed by atoms with van der Waals surface area (Å²) >= 11 is 0. The molecule has 2 N–H and O–H groups in total. The summed E-state index contributed by atoms with van der Waals surface area (Å²) in [5.41, 5.74) is 0.0493. The van der Waals surface area contributed by atoms with E-state index >= 15 is 0 Å². The molecule has 0 bridgehead atoms. The molecule has 0 aromatic heterocycles. The lowest BCUT2D eigenvalue weighted by Gasteiger charge is -2.58. The molecule has 0 aromatic rings. The summed E-state index contributed by atoms with van der Waals surface area (Å²) in [6.07, 6.45) is 9.45. The highest BCUT2D eigenvalue weighted by Gasteiger charge is 2.61. The van der Waals surface area contributed by atoms with Gasteiger partial charge in [-0.15, -0.1) is 0 Å². The molecule has 0 saturated heterocycles. The van der Waals surface area contributed by atoms with Gasteiger partial charge in [0.15, 0.2) is 6.29 Å².